The molecule has 0 fully saturated rings. The van der Waals surface area contributed by atoms with Crippen LogP contribution in [0.5, 0.6) is 0 Å². The van der Waals surface area contributed by atoms with Gasteiger partial charge in [-0.05, 0) is 12.1 Å². The number of hydrogen-bond acceptors (Lipinski definition) is 4. The van der Waals surface area contributed by atoms with E-state index in [2.05, 4.69) is 5.32 Å². The average Bonchev–Trinajstić information content (AvgIpc) is 2.34. The van der Waals surface area contributed by atoms with E-state index in [1.807, 2.05) is 0 Å². The van der Waals surface area contributed by atoms with Crippen LogP contribution < -0.4 is 5.32 Å². The van der Waals surface area contributed by atoms with Gasteiger partial charge in [0.05, 0.1) is 34.2 Å². The minimum absolute atomic E-state index is 0.0997. The lowest BCUT2D eigenvalue weighted by Crippen LogP contribution is -2.32. The summed E-state index contributed by atoms with van der Waals surface area (Å²) < 4.78 is 42.7. The van der Waals surface area contributed by atoms with Gasteiger partial charge in [0, 0.05) is 26.3 Å². The minimum atomic E-state index is -1.70. The highest BCUT2D eigenvalue weighted by molar-refractivity contribution is 7.85. The fourth-order valence-electron chi connectivity index (χ4n) is 1.43. The molecule has 1 aromatic rings. The fourth-order valence-corrected chi connectivity index (χ4v) is 2.57. The van der Waals surface area contributed by atoms with E-state index in [9.17, 15) is 18.1 Å². The van der Waals surface area contributed by atoms with Gasteiger partial charge < -0.3 is 15.2 Å². The number of methoxy groups -OCH3 is 1. The zero-order chi connectivity index (χ0) is 14.3. The molecule has 108 valence electrons. The monoisotopic (exact) mass is 293 g/mol. The first kappa shape index (κ1) is 16.2. The molecule has 0 amide bonds. The highest BCUT2D eigenvalue weighted by atomic mass is 32.2. The normalized spacial score (nSPS) is 14.3. The minimum Gasteiger partial charge on any atom is -0.391 e. The molecule has 1 rings (SSSR count). The molecule has 0 bridgehead atoms. The van der Waals surface area contributed by atoms with Crippen molar-refractivity contribution in [2.45, 2.75) is 11.0 Å². The van der Waals surface area contributed by atoms with Crippen molar-refractivity contribution in [3.63, 3.8) is 0 Å². The van der Waals surface area contributed by atoms with Crippen molar-refractivity contribution in [1.82, 2.24) is 5.32 Å². The highest BCUT2D eigenvalue weighted by Crippen LogP contribution is 2.14. The van der Waals surface area contributed by atoms with Crippen LogP contribution in [0.15, 0.2) is 23.1 Å². The summed E-state index contributed by atoms with van der Waals surface area (Å²) in [6, 6.07) is 2.85. The van der Waals surface area contributed by atoms with Crippen molar-refractivity contribution < 1.29 is 22.8 Å². The molecular weight excluding hydrogens is 276 g/mol. The lowest BCUT2D eigenvalue weighted by atomic mass is 10.3. The molecule has 4 nitrogen and oxygen atoms in total. The van der Waals surface area contributed by atoms with E-state index >= 15 is 0 Å². The molecule has 0 heterocycles. The van der Waals surface area contributed by atoms with E-state index in [1.165, 1.54) is 0 Å². The zero-order valence-electron chi connectivity index (χ0n) is 10.6. The van der Waals surface area contributed by atoms with Gasteiger partial charge in [-0.25, -0.2) is 8.78 Å². The van der Waals surface area contributed by atoms with E-state index in [4.69, 9.17) is 4.74 Å². The molecule has 2 unspecified atom stereocenters. The molecular formula is C12H17F2NO3S. The number of hydrogen-bond donors (Lipinski definition) is 2. The van der Waals surface area contributed by atoms with Crippen LogP contribution in [-0.2, 0) is 15.5 Å². The summed E-state index contributed by atoms with van der Waals surface area (Å²) in [5, 5.41) is 12.5. The van der Waals surface area contributed by atoms with Crippen LogP contribution in [0.25, 0.3) is 0 Å². The third-order valence-electron chi connectivity index (χ3n) is 2.35. The highest BCUT2D eigenvalue weighted by Gasteiger charge is 2.15. The van der Waals surface area contributed by atoms with Crippen LogP contribution in [0.2, 0.25) is 0 Å². The van der Waals surface area contributed by atoms with Gasteiger partial charge in [0.25, 0.3) is 0 Å². The summed E-state index contributed by atoms with van der Waals surface area (Å²) in [5.74, 6) is -1.69. The summed E-state index contributed by atoms with van der Waals surface area (Å²) >= 11 is 0. The van der Waals surface area contributed by atoms with Crippen LogP contribution in [0.4, 0.5) is 8.78 Å². The van der Waals surface area contributed by atoms with Crippen LogP contribution in [0.3, 0.4) is 0 Å². The predicted octanol–water partition coefficient (Wildman–Crippen LogP) is 0.669. The number of ether oxygens (including phenoxy) is 1. The summed E-state index contributed by atoms with van der Waals surface area (Å²) in [6.45, 7) is 1.30. The topological polar surface area (TPSA) is 58.6 Å². The van der Waals surface area contributed by atoms with Crippen LogP contribution in [-0.4, -0.2) is 48.0 Å². The van der Waals surface area contributed by atoms with Gasteiger partial charge in [-0.15, -0.1) is 0 Å². The maximum atomic E-state index is 13.4. The SMILES string of the molecule is COCCNCC(O)CS(=O)c1ccc(F)cc1F. The van der Waals surface area contributed by atoms with Crippen LogP contribution in [0, 0.1) is 11.6 Å². The second-order valence-electron chi connectivity index (χ2n) is 3.94. The number of aliphatic hydroxyl groups excluding tert-OH is 1. The quantitative estimate of drug-likeness (QED) is 0.692. The maximum absolute atomic E-state index is 13.4. The van der Waals surface area contributed by atoms with Crippen LogP contribution in [0.1, 0.15) is 0 Å². The number of benzene rings is 1. The summed E-state index contributed by atoms with van der Waals surface area (Å²) in [6.07, 6.45) is -0.873. The predicted molar refractivity (Wildman–Crippen MR) is 68.4 cm³/mol. The Balaban J connectivity index is 2.45. The molecule has 0 saturated carbocycles. The van der Waals surface area contributed by atoms with E-state index in [-0.39, 0.29) is 17.2 Å². The molecule has 2 atom stereocenters. The molecule has 0 radical (unpaired) electrons. The molecule has 0 saturated heterocycles. The fraction of sp³-hybridized carbons (Fsp3) is 0.500. The summed E-state index contributed by atoms with van der Waals surface area (Å²) in [4.78, 5) is -0.0997. The summed E-state index contributed by atoms with van der Waals surface area (Å²) in [5.41, 5.74) is 0. The number of halogens is 2. The van der Waals surface area contributed by atoms with Crippen molar-refractivity contribution >= 4 is 10.8 Å². The number of aliphatic hydroxyl groups is 1. The number of rotatable bonds is 8. The molecule has 0 aliphatic heterocycles. The summed E-state index contributed by atoms with van der Waals surface area (Å²) in [7, 11) is -0.143. The Hall–Kier alpha value is -0.890. The first-order valence-electron chi connectivity index (χ1n) is 5.75. The Kier molecular flexibility index (Phi) is 7.07. The van der Waals surface area contributed by atoms with Gasteiger partial charge in [0.2, 0.25) is 0 Å². The third kappa shape index (κ3) is 5.73. The van der Waals surface area contributed by atoms with Gasteiger partial charge in [-0.1, -0.05) is 0 Å². The Labute approximate surface area is 113 Å². The molecule has 2 N–H and O–H groups in total. The average molecular weight is 293 g/mol. The lowest BCUT2D eigenvalue weighted by Gasteiger charge is -2.11. The van der Waals surface area contributed by atoms with E-state index < -0.39 is 28.5 Å². The molecule has 0 aromatic heterocycles. The smallest absolute Gasteiger partial charge is 0.142 e. The molecule has 7 heteroatoms. The van der Waals surface area contributed by atoms with Gasteiger partial charge in [-0.3, -0.25) is 4.21 Å². The Morgan fingerprint density at radius 1 is 1.47 bits per heavy atom. The van der Waals surface area contributed by atoms with E-state index in [1.54, 1.807) is 7.11 Å². The second-order valence-corrected chi connectivity index (χ2v) is 5.40. The van der Waals surface area contributed by atoms with Crippen molar-refractivity contribution in [1.29, 1.82) is 0 Å². The van der Waals surface area contributed by atoms with Crippen molar-refractivity contribution in [3.8, 4) is 0 Å². The zero-order valence-corrected chi connectivity index (χ0v) is 11.4. The second kappa shape index (κ2) is 8.31. The molecule has 0 spiro atoms. The maximum Gasteiger partial charge on any atom is 0.142 e. The van der Waals surface area contributed by atoms with Gasteiger partial charge in [0.1, 0.15) is 11.6 Å². The van der Waals surface area contributed by atoms with Gasteiger partial charge in [-0.2, -0.15) is 0 Å². The Morgan fingerprint density at radius 2 is 2.21 bits per heavy atom. The molecule has 0 aliphatic carbocycles. The standard InChI is InChI=1S/C12H17F2NO3S/c1-18-5-4-15-7-10(16)8-19(17)12-3-2-9(13)6-11(12)14/h2-3,6,10,15-16H,4-5,7-8H2,1H3. The largest absolute Gasteiger partial charge is 0.391 e. The van der Waals surface area contributed by atoms with Crippen molar-refractivity contribution in [3.05, 3.63) is 29.8 Å². The van der Waals surface area contributed by atoms with E-state index in [0.29, 0.717) is 19.2 Å². The van der Waals surface area contributed by atoms with Crippen LogP contribution >= 0.6 is 0 Å². The molecule has 19 heavy (non-hydrogen) atoms. The molecule has 0 aliphatic rings. The third-order valence-corrected chi connectivity index (χ3v) is 3.86. The van der Waals surface area contributed by atoms with Crippen molar-refractivity contribution in [2.24, 2.45) is 0 Å². The number of nitrogens with one attached hydrogen (secondary N) is 1. The first-order valence-corrected chi connectivity index (χ1v) is 7.07. The first-order chi connectivity index (χ1) is 9.04. The van der Waals surface area contributed by atoms with Gasteiger partial charge >= 0.3 is 0 Å². The van der Waals surface area contributed by atoms with Crippen molar-refractivity contribution in [2.75, 3.05) is 32.6 Å². The van der Waals surface area contributed by atoms with E-state index in [0.717, 1.165) is 12.1 Å². The Morgan fingerprint density at radius 3 is 2.84 bits per heavy atom. The molecule has 1 aromatic carbocycles. The van der Waals surface area contributed by atoms with Gasteiger partial charge in [0.15, 0.2) is 0 Å². The lowest BCUT2D eigenvalue weighted by molar-refractivity contribution is 0.174. The Bertz CT molecular complexity index is 431.